The molecule has 1 fully saturated rings. The molecule has 0 atom stereocenters. The van der Waals surface area contributed by atoms with E-state index >= 15 is 0 Å². The Balaban J connectivity index is 2.21. The molecule has 2 rings (SSSR count). The minimum atomic E-state index is -0.592. The average Bonchev–Trinajstić information content (AvgIpc) is 2.46. The van der Waals surface area contributed by atoms with Crippen molar-refractivity contribution in [2.45, 2.75) is 12.8 Å². The van der Waals surface area contributed by atoms with Crippen molar-refractivity contribution in [3.63, 3.8) is 0 Å². The number of oxime groups is 1. The number of amides is 1. The zero-order chi connectivity index (χ0) is 13.8. The van der Waals surface area contributed by atoms with Gasteiger partial charge in [-0.15, -0.1) is 0 Å². The second-order valence-corrected chi connectivity index (χ2v) is 4.28. The van der Waals surface area contributed by atoms with Gasteiger partial charge < -0.3 is 14.8 Å². The molecular formula is C13H15FN2O3. The average molecular weight is 266 g/mol. The zero-order valence-electron chi connectivity index (χ0n) is 10.6. The maximum Gasteiger partial charge on any atom is 0.260 e. The van der Waals surface area contributed by atoms with Gasteiger partial charge in [0.2, 0.25) is 0 Å². The molecule has 1 aromatic carbocycles. The van der Waals surface area contributed by atoms with Crippen LogP contribution in [-0.2, 0) is 0 Å². The summed E-state index contributed by atoms with van der Waals surface area (Å²) in [6, 6.07) is 4.29. The van der Waals surface area contributed by atoms with Crippen LogP contribution in [0.5, 0.6) is 5.75 Å². The first-order valence-electron chi connectivity index (χ1n) is 5.99. The molecule has 0 aromatic heterocycles. The van der Waals surface area contributed by atoms with Gasteiger partial charge in [0.1, 0.15) is 17.1 Å². The summed E-state index contributed by atoms with van der Waals surface area (Å²) in [5.41, 5.74) is 0.610. The Kier molecular flexibility index (Phi) is 3.99. The molecule has 0 unspecified atom stereocenters. The highest BCUT2D eigenvalue weighted by Crippen LogP contribution is 2.24. The fourth-order valence-electron chi connectivity index (χ4n) is 2.11. The van der Waals surface area contributed by atoms with Crippen LogP contribution in [0.4, 0.5) is 4.39 Å². The quantitative estimate of drug-likeness (QED) is 0.657. The van der Waals surface area contributed by atoms with E-state index in [1.807, 2.05) is 0 Å². The third-order valence-electron chi connectivity index (χ3n) is 3.18. The van der Waals surface area contributed by atoms with E-state index < -0.39 is 11.7 Å². The number of rotatable bonds is 2. The number of likely N-dealkylation sites (tertiary alicyclic amines) is 1. The lowest BCUT2D eigenvalue weighted by Crippen LogP contribution is -2.39. The summed E-state index contributed by atoms with van der Waals surface area (Å²) in [5.74, 6) is -0.760. The summed E-state index contributed by atoms with van der Waals surface area (Å²) in [5, 5.41) is 11.8. The van der Waals surface area contributed by atoms with Crippen LogP contribution < -0.4 is 4.74 Å². The van der Waals surface area contributed by atoms with Crippen molar-refractivity contribution in [1.82, 2.24) is 4.90 Å². The van der Waals surface area contributed by atoms with E-state index in [2.05, 4.69) is 5.16 Å². The minimum Gasteiger partial charge on any atom is -0.496 e. The molecular weight excluding hydrogens is 251 g/mol. The van der Waals surface area contributed by atoms with Crippen LogP contribution in [0.1, 0.15) is 23.2 Å². The summed E-state index contributed by atoms with van der Waals surface area (Å²) in [7, 11) is 1.40. The third-order valence-corrected chi connectivity index (χ3v) is 3.18. The first-order chi connectivity index (χ1) is 9.17. The van der Waals surface area contributed by atoms with Crippen molar-refractivity contribution >= 4 is 11.6 Å². The van der Waals surface area contributed by atoms with Crippen LogP contribution in [0, 0.1) is 5.82 Å². The molecule has 1 aromatic rings. The smallest absolute Gasteiger partial charge is 0.260 e. The molecule has 1 N–H and O–H groups in total. The second kappa shape index (κ2) is 5.69. The van der Waals surface area contributed by atoms with Gasteiger partial charge in [-0.2, -0.15) is 0 Å². The molecule has 5 nitrogen and oxygen atoms in total. The molecule has 6 heteroatoms. The number of nitrogens with zero attached hydrogens (tertiary/aromatic N) is 2. The summed E-state index contributed by atoms with van der Waals surface area (Å²) < 4.78 is 18.8. The first kappa shape index (κ1) is 13.3. The van der Waals surface area contributed by atoms with E-state index in [9.17, 15) is 9.18 Å². The number of benzene rings is 1. The SMILES string of the molecule is COc1cccc(F)c1C(=O)N1CCC(=NO)CC1. The van der Waals surface area contributed by atoms with Crippen molar-refractivity contribution in [2.75, 3.05) is 20.2 Å². The van der Waals surface area contributed by atoms with E-state index in [0.717, 1.165) is 0 Å². The van der Waals surface area contributed by atoms with Crippen molar-refractivity contribution in [3.8, 4) is 5.75 Å². The Hall–Kier alpha value is -2.11. The minimum absolute atomic E-state index is 0.0469. The molecule has 0 aliphatic carbocycles. The van der Waals surface area contributed by atoms with Gasteiger partial charge in [0.25, 0.3) is 5.91 Å². The maximum atomic E-state index is 13.8. The van der Waals surface area contributed by atoms with Gasteiger partial charge in [-0.25, -0.2) is 4.39 Å². The lowest BCUT2D eigenvalue weighted by molar-refractivity contribution is 0.0745. The fraction of sp³-hybridized carbons (Fsp3) is 0.385. The Bertz CT molecular complexity index is 507. The van der Waals surface area contributed by atoms with Crippen LogP contribution in [0.3, 0.4) is 0 Å². The standard InChI is InChI=1S/C13H15FN2O3/c1-19-11-4-2-3-10(14)12(11)13(17)16-7-5-9(15-18)6-8-16/h2-4,18H,5-8H2,1H3. The fourth-order valence-corrected chi connectivity index (χ4v) is 2.11. The number of ether oxygens (including phenoxy) is 1. The van der Waals surface area contributed by atoms with Crippen LogP contribution in [0.2, 0.25) is 0 Å². The number of hydrogen-bond donors (Lipinski definition) is 1. The number of halogens is 1. The highest BCUT2D eigenvalue weighted by molar-refractivity contribution is 5.98. The normalized spacial score (nSPS) is 15.3. The summed E-state index contributed by atoms with van der Waals surface area (Å²) >= 11 is 0. The molecule has 1 aliphatic rings. The number of carbonyl (C=O) groups is 1. The van der Waals surface area contributed by atoms with Crippen molar-refractivity contribution in [2.24, 2.45) is 5.16 Å². The molecule has 1 heterocycles. The van der Waals surface area contributed by atoms with E-state index in [1.165, 1.54) is 24.1 Å². The largest absolute Gasteiger partial charge is 0.496 e. The molecule has 0 saturated carbocycles. The Labute approximate surface area is 110 Å². The highest BCUT2D eigenvalue weighted by Gasteiger charge is 2.26. The lowest BCUT2D eigenvalue weighted by atomic mass is 10.1. The molecule has 1 aliphatic heterocycles. The van der Waals surface area contributed by atoms with Crippen LogP contribution in [0.25, 0.3) is 0 Å². The van der Waals surface area contributed by atoms with E-state index in [1.54, 1.807) is 6.07 Å². The van der Waals surface area contributed by atoms with Gasteiger partial charge >= 0.3 is 0 Å². The summed E-state index contributed by atoms with van der Waals surface area (Å²) in [6.07, 6.45) is 0.998. The van der Waals surface area contributed by atoms with Crippen LogP contribution >= 0.6 is 0 Å². The first-order valence-corrected chi connectivity index (χ1v) is 5.99. The van der Waals surface area contributed by atoms with Gasteiger partial charge in [-0.3, -0.25) is 4.79 Å². The highest BCUT2D eigenvalue weighted by atomic mass is 19.1. The number of piperidine rings is 1. The zero-order valence-corrected chi connectivity index (χ0v) is 10.6. The van der Waals surface area contributed by atoms with Gasteiger partial charge in [0, 0.05) is 25.9 Å². The Morgan fingerprint density at radius 1 is 1.42 bits per heavy atom. The molecule has 0 radical (unpaired) electrons. The summed E-state index contributed by atoms with van der Waals surface area (Å²) in [4.78, 5) is 13.8. The number of carbonyl (C=O) groups excluding carboxylic acids is 1. The predicted octanol–water partition coefficient (Wildman–Crippen LogP) is 1.90. The second-order valence-electron chi connectivity index (χ2n) is 4.28. The van der Waals surface area contributed by atoms with Gasteiger partial charge in [-0.1, -0.05) is 11.2 Å². The lowest BCUT2D eigenvalue weighted by Gasteiger charge is -2.27. The maximum absolute atomic E-state index is 13.8. The molecule has 0 spiro atoms. The predicted molar refractivity (Wildman–Crippen MR) is 67.3 cm³/mol. The number of hydrogen-bond acceptors (Lipinski definition) is 4. The van der Waals surface area contributed by atoms with Crippen LogP contribution in [-0.4, -0.2) is 41.9 Å². The molecule has 1 saturated heterocycles. The van der Waals surface area contributed by atoms with E-state index in [0.29, 0.717) is 31.6 Å². The monoisotopic (exact) mass is 266 g/mol. The topological polar surface area (TPSA) is 62.1 Å². The third kappa shape index (κ3) is 2.67. The summed E-state index contributed by atoms with van der Waals surface area (Å²) in [6.45, 7) is 0.825. The van der Waals surface area contributed by atoms with Crippen molar-refractivity contribution < 1.29 is 19.1 Å². The Morgan fingerprint density at radius 2 is 2.11 bits per heavy atom. The molecule has 102 valence electrons. The Morgan fingerprint density at radius 3 is 2.68 bits per heavy atom. The van der Waals surface area contributed by atoms with Crippen molar-refractivity contribution in [3.05, 3.63) is 29.6 Å². The molecule has 0 bridgehead atoms. The number of methoxy groups -OCH3 is 1. The van der Waals surface area contributed by atoms with E-state index in [4.69, 9.17) is 9.94 Å². The van der Waals surface area contributed by atoms with Gasteiger partial charge in [0.15, 0.2) is 0 Å². The molecule has 19 heavy (non-hydrogen) atoms. The molecule has 1 amide bonds. The van der Waals surface area contributed by atoms with Crippen molar-refractivity contribution in [1.29, 1.82) is 0 Å². The van der Waals surface area contributed by atoms with E-state index in [-0.39, 0.29) is 11.3 Å². The van der Waals surface area contributed by atoms with Gasteiger partial charge in [-0.05, 0) is 12.1 Å². The van der Waals surface area contributed by atoms with Crippen LogP contribution in [0.15, 0.2) is 23.4 Å². The van der Waals surface area contributed by atoms with Gasteiger partial charge in [0.05, 0.1) is 12.8 Å².